The molecule has 114 valence electrons. The van der Waals surface area contributed by atoms with Crippen LogP contribution in [0.15, 0.2) is 46.7 Å². The molecule has 0 unspecified atom stereocenters. The number of aromatic nitrogens is 2. The van der Waals surface area contributed by atoms with E-state index in [1.165, 1.54) is 18.4 Å². The van der Waals surface area contributed by atoms with Gasteiger partial charge in [0.15, 0.2) is 0 Å². The molecule has 0 fully saturated rings. The molecular weight excluding hydrogens is 274 g/mol. The van der Waals surface area contributed by atoms with Gasteiger partial charge in [-0.05, 0) is 42.7 Å². The molecule has 4 heteroatoms. The quantitative estimate of drug-likeness (QED) is 0.806. The minimum Gasteiger partial charge on any atom is -0.494 e. The Balaban J connectivity index is 1.90. The van der Waals surface area contributed by atoms with E-state index in [0.717, 1.165) is 34.9 Å². The van der Waals surface area contributed by atoms with Crippen molar-refractivity contribution in [2.24, 2.45) is 4.99 Å². The highest BCUT2D eigenvalue weighted by atomic mass is 16.5. The van der Waals surface area contributed by atoms with Crippen LogP contribution in [0, 0.1) is 0 Å². The zero-order chi connectivity index (χ0) is 15.4. The molecule has 3 rings (SSSR count). The Morgan fingerprint density at radius 2 is 2.23 bits per heavy atom. The third kappa shape index (κ3) is 2.91. The zero-order valence-electron chi connectivity index (χ0n) is 13.0. The fraction of sp³-hybridized carbons (Fsp3) is 0.278. The first kappa shape index (κ1) is 14.4. The molecule has 0 aromatic carbocycles. The molecule has 2 N–H and O–H groups in total. The van der Waals surface area contributed by atoms with Gasteiger partial charge in [-0.25, -0.2) is 0 Å². The van der Waals surface area contributed by atoms with E-state index >= 15 is 0 Å². The van der Waals surface area contributed by atoms with Crippen molar-refractivity contribution in [3.63, 3.8) is 0 Å². The second kappa shape index (κ2) is 6.52. The van der Waals surface area contributed by atoms with E-state index in [4.69, 9.17) is 4.74 Å². The van der Waals surface area contributed by atoms with Gasteiger partial charge in [-0.2, -0.15) is 0 Å². The van der Waals surface area contributed by atoms with E-state index in [1.54, 1.807) is 7.11 Å². The molecule has 0 bridgehead atoms. The van der Waals surface area contributed by atoms with Crippen LogP contribution in [0.5, 0.6) is 5.75 Å². The van der Waals surface area contributed by atoms with Crippen LogP contribution in [-0.2, 0) is 0 Å². The Hall–Kier alpha value is -2.49. The largest absolute Gasteiger partial charge is 0.494 e. The van der Waals surface area contributed by atoms with Gasteiger partial charge in [-0.1, -0.05) is 13.3 Å². The monoisotopic (exact) mass is 295 g/mol. The highest BCUT2D eigenvalue weighted by molar-refractivity contribution is 5.82. The lowest BCUT2D eigenvalue weighted by atomic mass is 10.1. The molecule has 1 aliphatic rings. The molecule has 0 saturated heterocycles. The van der Waals surface area contributed by atoms with Crippen LogP contribution in [-0.4, -0.2) is 23.3 Å². The topological polar surface area (TPSA) is 53.2 Å². The predicted octanol–water partition coefficient (Wildman–Crippen LogP) is 4.56. The Kier molecular flexibility index (Phi) is 4.28. The van der Waals surface area contributed by atoms with Crippen molar-refractivity contribution < 1.29 is 4.74 Å². The number of H-pyrrole nitrogens is 2. The van der Waals surface area contributed by atoms with Crippen molar-refractivity contribution in [3.8, 4) is 17.1 Å². The molecule has 4 nitrogen and oxygen atoms in total. The average Bonchev–Trinajstić information content (AvgIpc) is 3.26. The van der Waals surface area contributed by atoms with Crippen molar-refractivity contribution in [3.05, 3.63) is 47.4 Å². The summed E-state index contributed by atoms with van der Waals surface area (Å²) in [7, 11) is 1.69. The van der Waals surface area contributed by atoms with Crippen LogP contribution in [0.2, 0.25) is 0 Å². The molecule has 0 amide bonds. The minimum absolute atomic E-state index is 0.828. The predicted molar refractivity (Wildman–Crippen MR) is 91.2 cm³/mol. The summed E-state index contributed by atoms with van der Waals surface area (Å²) < 4.78 is 5.49. The highest BCUT2D eigenvalue weighted by Gasteiger charge is 2.13. The number of methoxy groups -OCH3 is 1. The number of nitrogens with zero attached hydrogens (tertiary/aromatic N) is 1. The first-order valence-corrected chi connectivity index (χ1v) is 7.68. The fourth-order valence-corrected chi connectivity index (χ4v) is 2.59. The van der Waals surface area contributed by atoms with Gasteiger partial charge < -0.3 is 14.7 Å². The van der Waals surface area contributed by atoms with Crippen LogP contribution in [0.25, 0.3) is 17.5 Å². The van der Waals surface area contributed by atoms with E-state index in [9.17, 15) is 0 Å². The number of ether oxygens (including phenoxy) is 1. The summed E-state index contributed by atoms with van der Waals surface area (Å²) in [5.41, 5.74) is 5.31. The fourth-order valence-electron chi connectivity index (χ4n) is 2.59. The van der Waals surface area contributed by atoms with E-state index in [-0.39, 0.29) is 0 Å². The summed E-state index contributed by atoms with van der Waals surface area (Å²) >= 11 is 0. The smallest absolute Gasteiger partial charge is 0.144 e. The number of aliphatic imine (C=N–C) groups is 1. The molecule has 0 radical (unpaired) electrons. The summed E-state index contributed by atoms with van der Waals surface area (Å²) in [6, 6.07) is 6.02. The van der Waals surface area contributed by atoms with Gasteiger partial charge in [0.05, 0.1) is 29.9 Å². The lowest BCUT2D eigenvalue weighted by molar-refractivity contribution is 0.414. The zero-order valence-corrected chi connectivity index (χ0v) is 13.0. The average molecular weight is 295 g/mol. The summed E-state index contributed by atoms with van der Waals surface area (Å²) in [4.78, 5) is 11.1. The second-order valence-electron chi connectivity index (χ2n) is 5.35. The van der Waals surface area contributed by atoms with E-state index in [2.05, 4.69) is 34.0 Å². The van der Waals surface area contributed by atoms with E-state index < -0.39 is 0 Å². The summed E-state index contributed by atoms with van der Waals surface area (Å²) in [5, 5.41) is 0. The van der Waals surface area contributed by atoms with Crippen molar-refractivity contribution in [1.29, 1.82) is 0 Å². The Morgan fingerprint density at radius 3 is 2.95 bits per heavy atom. The molecule has 3 heterocycles. The van der Waals surface area contributed by atoms with Gasteiger partial charge in [0, 0.05) is 18.5 Å². The van der Waals surface area contributed by atoms with Crippen molar-refractivity contribution >= 4 is 12.3 Å². The second-order valence-corrected chi connectivity index (χ2v) is 5.35. The van der Waals surface area contributed by atoms with Gasteiger partial charge in [-0.15, -0.1) is 0 Å². The molecule has 1 aliphatic heterocycles. The van der Waals surface area contributed by atoms with Gasteiger partial charge in [-0.3, -0.25) is 4.99 Å². The van der Waals surface area contributed by atoms with Crippen LogP contribution >= 0.6 is 0 Å². The maximum atomic E-state index is 5.49. The van der Waals surface area contributed by atoms with Crippen molar-refractivity contribution in [2.75, 3.05) is 7.11 Å². The molecule has 0 atom stereocenters. The highest BCUT2D eigenvalue weighted by Crippen LogP contribution is 2.31. The van der Waals surface area contributed by atoms with Gasteiger partial charge in [0.1, 0.15) is 5.75 Å². The number of hydrogen-bond donors (Lipinski definition) is 2. The van der Waals surface area contributed by atoms with Gasteiger partial charge in [0.25, 0.3) is 0 Å². The van der Waals surface area contributed by atoms with Crippen LogP contribution < -0.4 is 4.74 Å². The van der Waals surface area contributed by atoms with Crippen LogP contribution in [0.1, 0.15) is 31.9 Å². The standard InChI is InChI=1S/C18H21N3O/c1-3-4-6-13-8-10-20-15(13)11-17-18(22-2)12-16(21-17)14-7-5-9-19-14/h5,7-12,19,21H,3-4,6H2,1-2H3/b15-11-. The van der Waals surface area contributed by atoms with Crippen molar-refractivity contribution in [2.45, 2.75) is 26.2 Å². The summed E-state index contributed by atoms with van der Waals surface area (Å²) in [6.45, 7) is 2.20. The third-order valence-corrected chi connectivity index (χ3v) is 3.82. The van der Waals surface area contributed by atoms with E-state index in [0.29, 0.717) is 0 Å². The Labute approximate surface area is 130 Å². The molecule has 2 aromatic rings. The number of unbranched alkanes of at least 4 members (excludes halogenated alkanes) is 1. The van der Waals surface area contributed by atoms with Gasteiger partial charge >= 0.3 is 0 Å². The number of aromatic amines is 2. The minimum atomic E-state index is 0.828. The lowest BCUT2D eigenvalue weighted by Crippen LogP contribution is -1.87. The maximum absolute atomic E-state index is 5.49. The third-order valence-electron chi connectivity index (χ3n) is 3.82. The van der Waals surface area contributed by atoms with Crippen molar-refractivity contribution in [1.82, 2.24) is 9.97 Å². The molecule has 2 aromatic heterocycles. The SMILES string of the molecule is CCCCC1=CC=N/C1=C\c1[nH]c(-c2ccc[nH]2)cc1OC. The lowest BCUT2D eigenvalue weighted by Gasteiger charge is -2.03. The first-order valence-electron chi connectivity index (χ1n) is 7.68. The first-order chi connectivity index (χ1) is 10.8. The summed E-state index contributed by atoms with van der Waals surface area (Å²) in [5.74, 6) is 0.828. The molecule has 0 aliphatic carbocycles. The van der Waals surface area contributed by atoms with Gasteiger partial charge in [0.2, 0.25) is 0 Å². The molecule has 0 spiro atoms. The van der Waals surface area contributed by atoms with Crippen LogP contribution in [0.3, 0.4) is 0 Å². The number of nitrogens with one attached hydrogen (secondary N) is 2. The normalized spacial score (nSPS) is 15.5. The Morgan fingerprint density at radius 1 is 1.32 bits per heavy atom. The number of allylic oxidation sites excluding steroid dienone is 2. The molecule has 0 saturated carbocycles. The molecular formula is C18H21N3O. The molecule has 22 heavy (non-hydrogen) atoms. The Bertz CT molecular complexity index is 718. The van der Waals surface area contributed by atoms with Crippen LogP contribution in [0.4, 0.5) is 0 Å². The van der Waals surface area contributed by atoms with E-state index in [1.807, 2.05) is 30.6 Å². The summed E-state index contributed by atoms with van der Waals surface area (Å²) in [6.07, 6.45) is 11.4. The maximum Gasteiger partial charge on any atom is 0.144 e. The number of hydrogen-bond acceptors (Lipinski definition) is 2. The number of rotatable bonds is 6.